The molecule has 0 aromatic carbocycles. The van der Waals surface area contributed by atoms with Crippen molar-refractivity contribution in [1.82, 2.24) is 24.4 Å². The summed E-state index contributed by atoms with van der Waals surface area (Å²) in [6.07, 6.45) is 7.84. The second-order valence-electron chi connectivity index (χ2n) is 10.9. The van der Waals surface area contributed by atoms with Gasteiger partial charge in [-0.1, -0.05) is 12.8 Å². The van der Waals surface area contributed by atoms with Crippen molar-refractivity contribution in [3.63, 3.8) is 0 Å². The van der Waals surface area contributed by atoms with E-state index in [9.17, 15) is 9.59 Å². The fourth-order valence-electron chi connectivity index (χ4n) is 5.80. The van der Waals surface area contributed by atoms with Gasteiger partial charge in [0.05, 0.1) is 13.2 Å². The van der Waals surface area contributed by atoms with Gasteiger partial charge in [0, 0.05) is 73.6 Å². The van der Waals surface area contributed by atoms with Gasteiger partial charge in [-0.3, -0.25) is 9.59 Å². The molecule has 5 aromatic rings. The highest BCUT2D eigenvalue weighted by Gasteiger charge is 2.26. The van der Waals surface area contributed by atoms with Gasteiger partial charge in [-0.2, -0.15) is 4.98 Å². The predicted molar refractivity (Wildman–Crippen MR) is 163 cm³/mol. The van der Waals surface area contributed by atoms with Gasteiger partial charge in [0.25, 0.3) is 5.91 Å². The lowest BCUT2D eigenvalue weighted by atomic mass is 10.1. The Labute approximate surface area is 245 Å². The summed E-state index contributed by atoms with van der Waals surface area (Å²) < 4.78 is 14.4. The molecule has 11 nitrogen and oxygen atoms in total. The Morgan fingerprint density at radius 3 is 2.64 bits per heavy atom. The molecule has 2 aliphatic rings. The summed E-state index contributed by atoms with van der Waals surface area (Å²) in [5.74, 6) is 1.51. The van der Waals surface area contributed by atoms with Crippen LogP contribution < -0.4 is 15.6 Å². The molecule has 1 N–H and O–H groups in total. The smallest absolute Gasteiger partial charge is 0.270 e. The summed E-state index contributed by atoms with van der Waals surface area (Å²) >= 11 is 1.37. The van der Waals surface area contributed by atoms with Crippen molar-refractivity contribution in [3.8, 4) is 11.1 Å². The quantitative estimate of drug-likeness (QED) is 0.292. The zero-order chi connectivity index (χ0) is 28.8. The van der Waals surface area contributed by atoms with Crippen LogP contribution in [-0.4, -0.2) is 70.7 Å². The number of nitrogens with one attached hydrogen (secondary N) is 1. The minimum atomic E-state index is -0.0504. The average Bonchev–Trinajstić information content (AvgIpc) is 3.76. The number of fused-ring (bicyclic) bond motifs is 2. The Morgan fingerprint density at radius 2 is 1.90 bits per heavy atom. The minimum absolute atomic E-state index is 0.0412. The highest BCUT2D eigenvalue weighted by atomic mass is 32.1. The second kappa shape index (κ2) is 10.8. The molecule has 5 aromatic heterocycles. The maximum atomic E-state index is 13.0. The first-order chi connectivity index (χ1) is 20.5. The number of morpholine rings is 1. The Bertz CT molecular complexity index is 1830. The summed E-state index contributed by atoms with van der Waals surface area (Å²) in [7, 11) is 3.53. The number of thiophene rings is 1. The topological polar surface area (TPSA) is 119 Å². The van der Waals surface area contributed by atoms with Crippen molar-refractivity contribution in [2.75, 3.05) is 50.6 Å². The predicted octanol–water partition coefficient (Wildman–Crippen LogP) is 5.06. The van der Waals surface area contributed by atoms with Crippen LogP contribution in [0.4, 0.5) is 17.7 Å². The first kappa shape index (κ1) is 26.6. The molecule has 0 bridgehead atoms. The van der Waals surface area contributed by atoms with Crippen LogP contribution in [0.15, 0.2) is 51.3 Å². The highest BCUT2D eigenvalue weighted by molar-refractivity contribution is 7.17. The summed E-state index contributed by atoms with van der Waals surface area (Å²) in [5.41, 5.74) is 3.57. The van der Waals surface area contributed by atoms with Gasteiger partial charge in [-0.25, -0.2) is 9.97 Å². The lowest BCUT2D eigenvalue weighted by Gasteiger charge is -2.27. The average molecular weight is 586 g/mol. The molecule has 2 fully saturated rings. The molecule has 42 heavy (non-hydrogen) atoms. The maximum Gasteiger partial charge on any atom is 0.270 e. The molecule has 1 saturated carbocycles. The van der Waals surface area contributed by atoms with Crippen LogP contribution in [0.1, 0.15) is 42.2 Å². The summed E-state index contributed by atoms with van der Waals surface area (Å²) in [6.45, 7) is 2.58. The molecule has 6 heterocycles. The number of nitrogens with zero attached hydrogens (tertiary/aromatic N) is 6. The second-order valence-corrected chi connectivity index (χ2v) is 11.8. The molecule has 0 radical (unpaired) electrons. The molecular formula is C30H31N7O4S. The van der Waals surface area contributed by atoms with E-state index in [1.54, 1.807) is 37.5 Å². The van der Waals surface area contributed by atoms with Gasteiger partial charge in [0.1, 0.15) is 21.9 Å². The summed E-state index contributed by atoms with van der Waals surface area (Å²) in [4.78, 5) is 43.4. The van der Waals surface area contributed by atoms with Crippen LogP contribution in [-0.2, 0) is 4.74 Å². The summed E-state index contributed by atoms with van der Waals surface area (Å²) in [6, 6.07) is 7.49. The Kier molecular flexibility index (Phi) is 6.87. The molecule has 216 valence electrons. The third-order valence-electron chi connectivity index (χ3n) is 7.96. The van der Waals surface area contributed by atoms with Crippen molar-refractivity contribution < 1.29 is 13.9 Å². The van der Waals surface area contributed by atoms with E-state index in [2.05, 4.69) is 19.9 Å². The Balaban J connectivity index is 1.18. The van der Waals surface area contributed by atoms with Gasteiger partial charge < -0.3 is 28.8 Å². The maximum absolute atomic E-state index is 13.0. The third kappa shape index (κ3) is 4.80. The Hall–Kier alpha value is -4.29. The number of hydrogen-bond donors (Lipinski definition) is 1. The summed E-state index contributed by atoms with van der Waals surface area (Å²) in [5, 5.41) is 5.99. The van der Waals surface area contributed by atoms with E-state index in [0.717, 1.165) is 47.8 Å². The van der Waals surface area contributed by atoms with E-state index in [1.165, 1.54) is 11.3 Å². The molecular weight excluding hydrogens is 554 g/mol. The zero-order valence-corrected chi connectivity index (χ0v) is 24.3. The number of aromatic nitrogens is 4. The number of rotatable bonds is 6. The van der Waals surface area contributed by atoms with Crippen LogP contribution in [0, 0.1) is 0 Å². The molecule has 1 aliphatic carbocycles. The molecule has 0 spiro atoms. The molecule has 7 rings (SSSR count). The number of hydrogen-bond acceptors (Lipinski definition) is 10. The largest absolute Gasteiger partial charge is 0.439 e. The number of carbonyl (C=O) groups is 1. The fourth-order valence-corrected chi connectivity index (χ4v) is 6.72. The van der Waals surface area contributed by atoms with Crippen molar-refractivity contribution in [3.05, 3.63) is 58.0 Å². The van der Waals surface area contributed by atoms with Crippen molar-refractivity contribution in [2.24, 2.45) is 0 Å². The normalized spacial score (nSPS) is 16.0. The monoisotopic (exact) mass is 585 g/mol. The van der Waals surface area contributed by atoms with Gasteiger partial charge in [0.15, 0.2) is 11.5 Å². The van der Waals surface area contributed by atoms with Crippen molar-refractivity contribution in [2.45, 2.75) is 31.7 Å². The third-order valence-corrected chi connectivity index (χ3v) is 8.93. The van der Waals surface area contributed by atoms with E-state index in [-0.39, 0.29) is 17.4 Å². The molecule has 1 amide bonds. The lowest BCUT2D eigenvalue weighted by molar-refractivity contribution is 0.0815. The number of pyridine rings is 1. The van der Waals surface area contributed by atoms with E-state index in [1.807, 2.05) is 28.5 Å². The standard InChI is InChI=1S/C30H31N7O4S/c1-35(2)29(39)22-13-19-16-32-30(34-28(19)37(22)20-5-3-4-6-20)33-24-8-7-18(15-31-24)21-17-42-27-23(38)14-25(41-26(21)27)36-9-11-40-12-10-36/h7-8,13-17,20H,3-6,9-12H2,1-2H3,(H,31,32,33,34). The first-order valence-electron chi connectivity index (χ1n) is 14.2. The van der Waals surface area contributed by atoms with Gasteiger partial charge in [0.2, 0.25) is 11.4 Å². The molecule has 0 unspecified atom stereocenters. The molecule has 1 aliphatic heterocycles. The van der Waals surface area contributed by atoms with E-state index >= 15 is 0 Å². The lowest BCUT2D eigenvalue weighted by Crippen LogP contribution is -2.36. The van der Waals surface area contributed by atoms with Crippen molar-refractivity contribution >= 4 is 56.2 Å². The van der Waals surface area contributed by atoms with Gasteiger partial charge in [-0.05, 0) is 31.0 Å². The number of anilines is 3. The highest BCUT2D eigenvalue weighted by Crippen LogP contribution is 2.36. The van der Waals surface area contributed by atoms with E-state index in [4.69, 9.17) is 14.1 Å². The minimum Gasteiger partial charge on any atom is -0.439 e. The van der Waals surface area contributed by atoms with Gasteiger partial charge in [-0.15, -0.1) is 11.3 Å². The van der Waals surface area contributed by atoms with Crippen molar-refractivity contribution in [1.29, 1.82) is 0 Å². The van der Waals surface area contributed by atoms with Gasteiger partial charge >= 0.3 is 0 Å². The van der Waals surface area contributed by atoms with E-state index < -0.39 is 0 Å². The zero-order valence-electron chi connectivity index (χ0n) is 23.5. The Morgan fingerprint density at radius 1 is 1.10 bits per heavy atom. The fraction of sp³-hybridized carbons (Fsp3) is 0.367. The SMILES string of the molecule is CN(C)C(=O)c1cc2cnc(Nc3ccc(-c4csc5c(=O)cc(N6CCOCC6)oc45)cn3)nc2n1C1CCCC1. The molecule has 0 atom stereocenters. The number of carbonyl (C=O) groups excluding carboxylic acids is 1. The van der Waals surface area contributed by atoms with Crippen LogP contribution >= 0.6 is 11.3 Å². The molecule has 1 saturated heterocycles. The first-order valence-corrected chi connectivity index (χ1v) is 15.1. The van der Waals surface area contributed by atoms with E-state index in [0.29, 0.717) is 59.9 Å². The van der Waals surface area contributed by atoms with Crippen LogP contribution in [0.2, 0.25) is 0 Å². The van der Waals surface area contributed by atoms with Crippen LogP contribution in [0.5, 0.6) is 0 Å². The number of ether oxygens (including phenoxy) is 1. The molecule has 12 heteroatoms. The number of amides is 1. The van der Waals surface area contributed by atoms with Crippen LogP contribution in [0.3, 0.4) is 0 Å². The van der Waals surface area contributed by atoms with Crippen LogP contribution in [0.25, 0.3) is 32.4 Å².